The fraction of sp³-hybridized carbons (Fsp3) is 0.556. The lowest BCUT2D eigenvalue weighted by atomic mass is 10.1. The van der Waals surface area contributed by atoms with Crippen LogP contribution in [0.15, 0.2) is 16.5 Å². The van der Waals surface area contributed by atoms with E-state index < -0.39 is 5.60 Å². The molecule has 74 valence electrons. The molecule has 0 fully saturated rings. The quantitative estimate of drug-likeness (QED) is 0.723. The van der Waals surface area contributed by atoms with Crippen molar-refractivity contribution in [2.75, 3.05) is 7.11 Å². The lowest BCUT2D eigenvalue weighted by Gasteiger charge is -2.18. The van der Waals surface area contributed by atoms with Crippen molar-refractivity contribution in [1.82, 2.24) is 0 Å². The first-order valence-corrected chi connectivity index (χ1v) is 4.06. The number of furan rings is 1. The Morgan fingerprint density at radius 1 is 1.46 bits per heavy atom. The van der Waals surface area contributed by atoms with Crippen molar-refractivity contribution in [3.8, 4) is 0 Å². The molecule has 1 rings (SSSR count). The van der Waals surface area contributed by atoms with Gasteiger partial charge in [-0.05, 0) is 26.0 Å². The SMILES string of the molecule is COCc1ccc(C(C)(C)ON)o1. The first kappa shape index (κ1) is 10.2. The minimum Gasteiger partial charge on any atom is -0.460 e. The zero-order chi connectivity index (χ0) is 9.90. The van der Waals surface area contributed by atoms with Crippen molar-refractivity contribution in [3.05, 3.63) is 23.7 Å². The van der Waals surface area contributed by atoms with Gasteiger partial charge < -0.3 is 9.15 Å². The van der Waals surface area contributed by atoms with Crippen LogP contribution in [0.5, 0.6) is 0 Å². The molecule has 0 spiro atoms. The number of hydrogen-bond acceptors (Lipinski definition) is 4. The molecule has 0 aliphatic carbocycles. The third-order valence-electron chi connectivity index (χ3n) is 1.84. The van der Waals surface area contributed by atoms with Gasteiger partial charge in [0.15, 0.2) is 0 Å². The Morgan fingerprint density at radius 2 is 2.15 bits per heavy atom. The van der Waals surface area contributed by atoms with Gasteiger partial charge in [-0.1, -0.05) is 0 Å². The van der Waals surface area contributed by atoms with Crippen molar-refractivity contribution in [2.45, 2.75) is 26.1 Å². The van der Waals surface area contributed by atoms with Crippen molar-refractivity contribution in [1.29, 1.82) is 0 Å². The molecule has 0 atom stereocenters. The van der Waals surface area contributed by atoms with Crippen LogP contribution >= 0.6 is 0 Å². The minimum atomic E-state index is -0.591. The van der Waals surface area contributed by atoms with E-state index in [-0.39, 0.29) is 0 Å². The summed E-state index contributed by atoms with van der Waals surface area (Å²) in [5.74, 6) is 6.59. The van der Waals surface area contributed by atoms with Crippen LogP contribution in [-0.4, -0.2) is 7.11 Å². The molecule has 2 N–H and O–H groups in total. The molecule has 0 bridgehead atoms. The van der Waals surface area contributed by atoms with Crippen LogP contribution in [0.25, 0.3) is 0 Å². The average molecular weight is 185 g/mol. The van der Waals surface area contributed by atoms with Crippen LogP contribution in [0.1, 0.15) is 25.4 Å². The van der Waals surface area contributed by atoms with Gasteiger partial charge in [0, 0.05) is 7.11 Å². The van der Waals surface area contributed by atoms with E-state index in [9.17, 15) is 0 Å². The summed E-state index contributed by atoms with van der Waals surface area (Å²) >= 11 is 0. The first-order chi connectivity index (χ1) is 6.10. The Bertz CT molecular complexity index is 268. The van der Waals surface area contributed by atoms with Crippen molar-refractivity contribution in [2.24, 2.45) is 5.90 Å². The third kappa shape index (κ3) is 2.30. The Balaban J connectivity index is 2.79. The van der Waals surface area contributed by atoms with E-state index in [2.05, 4.69) is 0 Å². The maximum Gasteiger partial charge on any atom is 0.141 e. The van der Waals surface area contributed by atoms with Gasteiger partial charge in [-0.2, -0.15) is 0 Å². The van der Waals surface area contributed by atoms with Gasteiger partial charge in [-0.25, -0.2) is 5.90 Å². The smallest absolute Gasteiger partial charge is 0.141 e. The van der Waals surface area contributed by atoms with Crippen LogP contribution in [-0.2, 0) is 21.8 Å². The standard InChI is InChI=1S/C9H15NO3/c1-9(2,13-10)8-5-4-7(12-8)6-11-3/h4-5H,6,10H2,1-3H3. The number of nitrogens with two attached hydrogens (primary N) is 1. The van der Waals surface area contributed by atoms with Crippen molar-refractivity contribution in [3.63, 3.8) is 0 Å². The number of rotatable bonds is 4. The van der Waals surface area contributed by atoms with Gasteiger partial charge in [0.2, 0.25) is 0 Å². The molecule has 0 saturated heterocycles. The van der Waals surface area contributed by atoms with Crippen LogP contribution in [0, 0.1) is 0 Å². The molecule has 4 heteroatoms. The lowest BCUT2D eigenvalue weighted by molar-refractivity contribution is -0.0402. The normalized spacial score (nSPS) is 12.0. The van der Waals surface area contributed by atoms with E-state index in [0.29, 0.717) is 12.4 Å². The molecule has 13 heavy (non-hydrogen) atoms. The second-order valence-electron chi connectivity index (χ2n) is 3.33. The molecular weight excluding hydrogens is 170 g/mol. The summed E-state index contributed by atoms with van der Waals surface area (Å²) in [6.45, 7) is 4.13. The van der Waals surface area contributed by atoms with Crippen LogP contribution < -0.4 is 5.90 Å². The summed E-state index contributed by atoms with van der Waals surface area (Å²) in [5, 5.41) is 0. The molecule has 4 nitrogen and oxygen atoms in total. The number of ether oxygens (including phenoxy) is 1. The van der Waals surface area contributed by atoms with Gasteiger partial charge in [0.05, 0.1) is 0 Å². The van der Waals surface area contributed by atoms with Crippen molar-refractivity contribution < 1.29 is 14.0 Å². The largest absolute Gasteiger partial charge is 0.460 e. The molecule has 1 aromatic rings. The van der Waals surface area contributed by atoms with Gasteiger partial charge in [-0.15, -0.1) is 0 Å². The maximum absolute atomic E-state index is 5.45. The summed E-state index contributed by atoms with van der Waals surface area (Å²) in [7, 11) is 1.62. The maximum atomic E-state index is 5.45. The number of methoxy groups -OCH3 is 1. The van der Waals surface area contributed by atoms with Gasteiger partial charge in [0.1, 0.15) is 23.7 Å². The highest BCUT2D eigenvalue weighted by Gasteiger charge is 2.24. The number of hydrogen-bond donors (Lipinski definition) is 1. The van der Waals surface area contributed by atoms with Gasteiger partial charge >= 0.3 is 0 Å². The molecule has 1 heterocycles. The Kier molecular flexibility index (Phi) is 3.08. The summed E-state index contributed by atoms with van der Waals surface area (Å²) in [4.78, 5) is 4.78. The molecule has 0 unspecified atom stereocenters. The fourth-order valence-corrected chi connectivity index (χ4v) is 0.979. The highest BCUT2D eigenvalue weighted by molar-refractivity contribution is 5.12. The monoisotopic (exact) mass is 185 g/mol. The second-order valence-corrected chi connectivity index (χ2v) is 3.33. The highest BCUT2D eigenvalue weighted by atomic mass is 16.6. The van der Waals surface area contributed by atoms with Crippen LogP contribution in [0.4, 0.5) is 0 Å². The zero-order valence-electron chi connectivity index (χ0n) is 8.16. The van der Waals surface area contributed by atoms with Gasteiger partial charge in [-0.3, -0.25) is 4.84 Å². The summed E-state index contributed by atoms with van der Waals surface area (Å²) < 4.78 is 10.4. The van der Waals surface area contributed by atoms with E-state index >= 15 is 0 Å². The molecule has 0 saturated carbocycles. The van der Waals surface area contributed by atoms with E-state index in [0.717, 1.165) is 5.76 Å². The Morgan fingerprint density at radius 3 is 2.69 bits per heavy atom. The molecular formula is C9H15NO3. The molecule has 0 aromatic carbocycles. The van der Waals surface area contributed by atoms with E-state index in [1.165, 1.54) is 0 Å². The topological polar surface area (TPSA) is 57.6 Å². The summed E-state index contributed by atoms with van der Waals surface area (Å²) in [6.07, 6.45) is 0. The molecule has 0 radical (unpaired) electrons. The fourth-order valence-electron chi connectivity index (χ4n) is 0.979. The van der Waals surface area contributed by atoms with Crippen molar-refractivity contribution >= 4 is 0 Å². The Hall–Kier alpha value is -0.840. The predicted molar refractivity (Wildman–Crippen MR) is 47.7 cm³/mol. The molecule has 0 aliphatic heterocycles. The first-order valence-electron chi connectivity index (χ1n) is 4.06. The minimum absolute atomic E-state index is 0.459. The average Bonchev–Trinajstić information content (AvgIpc) is 2.54. The lowest BCUT2D eigenvalue weighted by Crippen LogP contribution is -2.24. The summed E-state index contributed by atoms with van der Waals surface area (Å²) in [5.41, 5.74) is -0.591. The zero-order valence-corrected chi connectivity index (χ0v) is 8.16. The van der Waals surface area contributed by atoms with Crippen LogP contribution in [0.3, 0.4) is 0 Å². The Labute approximate surface area is 77.6 Å². The predicted octanol–water partition coefficient (Wildman–Crippen LogP) is 1.55. The summed E-state index contributed by atoms with van der Waals surface area (Å²) in [6, 6.07) is 3.68. The molecule has 0 amide bonds. The van der Waals surface area contributed by atoms with E-state index in [1.54, 1.807) is 7.11 Å². The van der Waals surface area contributed by atoms with Crippen LogP contribution in [0.2, 0.25) is 0 Å². The third-order valence-corrected chi connectivity index (χ3v) is 1.84. The highest BCUT2D eigenvalue weighted by Crippen LogP contribution is 2.24. The molecule has 0 aliphatic rings. The van der Waals surface area contributed by atoms with E-state index in [4.69, 9.17) is 19.9 Å². The van der Waals surface area contributed by atoms with Gasteiger partial charge in [0.25, 0.3) is 0 Å². The second kappa shape index (κ2) is 3.91. The van der Waals surface area contributed by atoms with E-state index in [1.807, 2.05) is 26.0 Å². The molecule has 1 aromatic heterocycles.